The first kappa shape index (κ1) is 28.1. The molecule has 2 N–H and O–H groups in total. The van der Waals surface area contributed by atoms with Gasteiger partial charge in [0.2, 0.25) is 5.91 Å². The summed E-state index contributed by atoms with van der Waals surface area (Å²) in [5, 5.41) is 21.0. The fourth-order valence-electron chi connectivity index (χ4n) is 4.15. The van der Waals surface area contributed by atoms with E-state index in [0.29, 0.717) is 15.4 Å². The third-order valence-corrected chi connectivity index (χ3v) is 8.23. The van der Waals surface area contributed by atoms with Gasteiger partial charge in [0.1, 0.15) is 5.75 Å². The van der Waals surface area contributed by atoms with Gasteiger partial charge in [-0.3, -0.25) is 14.5 Å². The van der Waals surface area contributed by atoms with E-state index in [1.807, 2.05) is 0 Å². The van der Waals surface area contributed by atoms with Gasteiger partial charge in [-0.2, -0.15) is 0 Å². The minimum absolute atomic E-state index is 0.0761. The maximum atomic E-state index is 12.9. The van der Waals surface area contributed by atoms with E-state index < -0.39 is 11.5 Å². The normalized spacial score (nSPS) is 18.5. The third kappa shape index (κ3) is 8.22. The molecule has 0 aliphatic carbocycles. The number of aromatic hydroxyl groups is 1. The van der Waals surface area contributed by atoms with Gasteiger partial charge in [-0.15, -0.1) is 0 Å². The molecule has 0 radical (unpaired) electrons. The van der Waals surface area contributed by atoms with E-state index in [4.69, 9.17) is 0 Å². The van der Waals surface area contributed by atoms with Gasteiger partial charge in [0.25, 0.3) is 5.91 Å². The summed E-state index contributed by atoms with van der Waals surface area (Å²) < 4.78 is 0.984. The largest absolute Gasteiger partial charge is 0.507 e. The Morgan fingerprint density at radius 1 is 1.03 bits per heavy atom. The lowest BCUT2D eigenvalue weighted by molar-refractivity contribution is -0.151. The number of amides is 2. The number of phenolic OH excluding ortho intramolecular Hbond substituents is 1. The molecular formula is C26H37Br2NO4. The molecular weight excluding hydrogens is 550 g/mol. The van der Waals surface area contributed by atoms with Gasteiger partial charge in [0.05, 0.1) is 4.47 Å². The molecule has 7 heteroatoms. The molecule has 1 saturated heterocycles. The molecule has 1 unspecified atom stereocenters. The third-order valence-electron chi connectivity index (χ3n) is 6.24. The van der Waals surface area contributed by atoms with Gasteiger partial charge < -0.3 is 10.2 Å². The van der Waals surface area contributed by atoms with E-state index in [-0.39, 0.29) is 30.2 Å². The number of hydrogen-bond donors (Lipinski definition) is 2. The molecule has 184 valence electrons. The Balaban J connectivity index is 1.66. The summed E-state index contributed by atoms with van der Waals surface area (Å²) in [6.07, 6.45) is 17.7. The highest BCUT2D eigenvalue weighted by Gasteiger charge is 2.48. The molecule has 1 heterocycles. The van der Waals surface area contributed by atoms with Crippen molar-refractivity contribution >= 4 is 43.7 Å². The lowest BCUT2D eigenvalue weighted by Gasteiger charge is -2.23. The Labute approximate surface area is 214 Å². The molecule has 0 spiro atoms. The van der Waals surface area contributed by atoms with Crippen LogP contribution in [-0.4, -0.2) is 33.5 Å². The number of carbonyl (C=O) groups is 2. The molecule has 2 rings (SSSR count). The van der Waals surface area contributed by atoms with Crippen LogP contribution < -0.4 is 0 Å². The number of allylic oxidation sites excluding steroid dienone is 2. The van der Waals surface area contributed by atoms with E-state index in [9.17, 15) is 19.8 Å². The van der Waals surface area contributed by atoms with Crippen LogP contribution in [0.2, 0.25) is 0 Å². The predicted molar refractivity (Wildman–Crippen MR) is 139 cm³/mol. The second-order valence-electron chi connectivity index (χ2n) is 8.88. The molecule has 1 aromatic rings. The van der Waals surface area contributed by atoms with E-state index in [1.54, 1.807) is 6.07 Å². The zero-order valence-electron chi connectivity index (χ0n) is 19.6. The molecule has 1 aliphatic heterocycles. The van der Waals surface area contributed by atoms with Crippen molar-refractivity contribution in [2.45, 2.75) is 96.0 Å². The zero-order valence-corrected chi connectivity index (χ0v) is 22.8. The number of halogens is 2. The fourth-order valence-corrected chi connectivity index (χ4v) is 4.83. The molecule has 0 bridgehead atoms. The van der Waals surface area contributed by atoms with Crippen LogP contribution in [0.4, 0.5) is 0 Å². The maximum absolute atomic E-state index is 12.9. The number of carbonyl (C=O) groups excluding carboxylic acids is 2. The molecule has 0 aromatic heterocycles. The minimum atomic E-state index is -1.79. The van der Waals surface area contributed by atoms with Gasteiger partial charge in [-0.1, -0.05) is 57.6 Å². The highest BCUT2D eigenvalue weighted by molar-refractivity contribution is 9.13. The molecule has 1 atom stereocenters. The number of unbranched alkanes of at least 4 members (excludes halogenated alkanes) is 9. The van der Waals surface area contributed by atoms with Crippen LogP contribution in [0.3, 0.4) is 0 Å². The Kier molecular flexibility index (Phi) is 12.1. The average molecular weight is 587 g/mol. The molecule has 33 heavy (non-hydrogen) atoms. The van der Waals surface area contributed by atoms with Crippen LogP contribution in [0, 0.1) is 0 Å². The number of rotatable bonds is 14. The average Bonchev–Trinajstić information content (AvgIpc) is 3.10. The van der Waals surface area contributed by atoms with Crippen molar-refractivity contribution < 1.29 is 19.8 Å². The standard InChI is InChI=1S/C26H37Br2NO4/c1-2-3-4-5-6-7-8-9-10-11-12-13-14-15-23(31)29-17-16-26(33,25(29)32)20-18-21(27)24(28)22(30)19-20/h7-8,18-19,30,33H,2-6,9-17H2,1H3. The van der Waals surface area contributed by atoms with Crippen molar-refractivity contribution in [3.8, 4) is 5.75 Å². The fraction of sp³-hybridized carbons (Fsp3) is 0.615. The summed E-state index contributed by atoms with van der Waals surface area (Å²) in [7, 11) is 0. The van der Waals surface area contributed by atoms with E-state index in [0.717, 1.165) is 37.0 Å². The van der Waals surface area contributed by atoms with Crippen LogP contribution >= 0.6 is 31.9 Å². The monoisotopic (exact) mass is 585 g/mol. The quantitative estimate of drug-likeness (QED) is 0.180. The van der Waals surface area contributed by atoms with Crippen LogP contribution in [-0.2, 0) is 15.2 Å². The topological polar surface area (TPSA) is 77.8 Å². The van der Waals surface area contributed by atoms with Crippen LogP contribution in [0.15, 0.2) is 33.2 Å². The summed E-state index contributed by atoms with van der Waals surface area (Å²) in [5.41, 5.74) is -1.51. The number of phenols is 1. The highest BCUT2D eigenvalue weighted by atomic mass is 79.9. The van der Waals surface area contributed by atoms with Crippen molar-refractivity contribution in [3.63, 3.8) is 0 Å². The molecule has 1 aromatic carbocycles. The van der Waals surface area contributed by atoms with Gasteiger partial charge in [-0.05, 0) is 81.7 Å². The number of imide groups is 1. The van der Waals surface area contributed by atoms with Crippen molar-refractivity contribution in [2.24, 2.45) is 0 Å². The molecule has 0 saturated carbocycles. The second kappa shape index (κ2) is 14.3. The minimum Gasteiger partial charge on any atom is -0.507 e. The summed E-state index contributed by atoms with van der Waals surface area (Å²) in [5.74, 6) is -0.919. The van der Waals surface area contributed by atoms with Gasteiger partial charge in [0.15, 0.2) is 5.60 Å². The van der Waals surface area contributed by atoms with E-state index in [2.05, 4.69) is 50.9 Å². The number of likely N-dealkylation sites (tertiary alicyclic amines) is 1. The van der Waals surface area contributed by atoms with E-state index in [1.165, 1.54) is 44.6 Å². The van der Waals surface area contributed by atoms with Gasteiger partial charge in [-0.25, -0.2) is 0 Å². The Morgan fingerprint density at radius 3 is 2.27 bits per heavy atom. The maximum Gasteiger partial charge on any atom is 0.265 e. The molecule has 1 fully saturated rings. The van der Waals surface area contributed by atoms with Crippen molar-refractivity contribution in [2.75, 3.05) is 6.54 Å². The highest BCUT2D eigenvalue weighted by Crippen LogP contribution is 2.40. The SMILES string of the molecule is CCCCCCC=CCCCCCCCC(=O)N1CCC(O)(c2cc(O)c(Br)c(Br)c2)C1=O. The smallest absolute Gasteiger partial charge is 0.265 e. The first-order chi connectivity index (χ1) is 15.8. The van der Waals surface area contributed by atoms with Crippen molar-refractivity contribution in [1.82, 2.24) is 4.90 Å². The number of hydrogen-bond acceptors (Lipinski definition) is 4. The van der Waals surface area contributed by atoms with Gasteiger partial charge >= 0.3 is 0 Å². The van der Waals surface area contributed by atoms with E-state index >= 15 is 0 Å². The van der Waals surface area contributed by atoms with Crippen LogP contribution in [0.5, 0.6) is 5.75 Å². The summed E-state index contributed by atoms with van der Waals surface area (Å²) in [4.78, 5) is 26.6. The van der Waals surface area contributed by atoms with Gasteiger partial charge in [0, 0.05) is 23.9 Å². The first-order valence-corrected chi connectivity index (χ1v) is 13.8. The number of aliphatic hydroxyl groups is 1. The first-order valence-electron chi connectivity index (χ1n) is 12.2. The summed E-state index contributed by atoms with van der Waals surface area (Å²) >= 11 is 6.53. The predicted octanol–water partition coefficient (Wildman–Crippen LogP) is 7.12. The Hall–Kier alpha value is -1.18. The number of nitrogens with zero attached hydrogens (tertiary/aromatic N) is 1. The van der Waals surface area contributed by atoms with Crippen LogP contribution in [0.25, 0.3) is 0 Å². The zero-order chi connectivity index (χ0) is 24.3. The molecule has 5 nitrogen and oxygen atoms in total. The Morgan fingerprint density at radius 2 is 1.64 bits per heavy atom. The summed E-state index contributed by atoms with van der Waals surface area (Å²) in [6.45, 7) is 2.42. The lowest BCUT2D eigenvalue weighted by Crippen LogP contribution is -2.40. The lowest BCUT2D eigenvalue weighted by atomic mass is 9.92. The Bertz CT molecular complexity index is 804. The van der Waals surface area contributed by atoms with Crippen molar-refractivity contribution in [3.05, 3.63) is 38.8 Å². The molecule has 1 aliphatic rings. The molecule has 2 amide bonds. The van der Waals surface area contributed by atoms with Crippen LogP contribution in [0.1, 0.15) is 96.0 Å². The van der Waals surface area contributed by atoms with Crippen molar-refractivity contribution in [1.29, 1.82) is 0 Å². The summed E-state index contributed by atoms with van der Waals surface area (Å²) in [6, 6.07) is 2.96. The second-order valence-corrected chi connectivity index (χ2v) is 10.5. The number of benzene rings is 1.